The summed E-state index contributed by atoms with van der Waals surface area (Å²) < 4.78 is 16.5. The third-order valence-corrected chi connectivity index (χ3v) is 4.96. The minimum Gasteiger partial charge on any atom is -0.487 e. The molecule has 1 aliphatic rings. The van der Waals surface area contributed by atoms with E-state index in [1.807, 2.05) is 18.2 Å². The molecule has 1 atom stereocenters. The fourth-order valence-electron chi connectivity index (χ4n) is 3.39. The van der Waals surface area contributed by atoms with Gasteiger partial charge in [0.05, 0.1) is 6.07 Å². The van der Waals surface area contributed by atoms with E-state index in [1.54, 1.807) is 0 Å². The van der Waals surface area contributed by atoms with Crippen LogP contribution in [0, 0.1) is 11.3 Å². The molecule has 1 aliphatic heterocycles. The third kappa shape index (κ3) is 6.86. The summed E-state index contributed by atoms with van der Waals surface area (Å²) in [5.41, 5.74) is 1.08. The van der Waals surface area contributed by atoms with Crippen LogP contribution in [0.25, 0.3) is 0 Å². The van der Waals surface area contributed by atoms with Crippen LogP contribution in [0.3, 0.4) is 0 Å². The smallest absolute Gasteiger partial charge is 0.191 e. The second-order valence-electron chi connectivity index (χ2n) is 7.20. The largest absolute Gasteiger partial charge is 0.487 e. The number of nitrogens with zero attached hydrogens (tertiary/aromatic N) is 1. The minimum absolute atomic E-state index is 0.0460. The van der Waals surface area contributed by atoms with Crippen molar-refractivity contribution in [2.45, 2.75) is 76.7 Å². The van der Waals surface area contributed by atoms with Gasteiger partial charge in [0.2, 0.25) is 0 Å². The van der Waals surface area contributed by atoms with Crippen molar-refractivity contribution in [2.24, 2.45) is 0 Å². The maximum atomic E-state index is 8.61. The molecular weight excluding hydrogens is 330 g/mol. The van der Waals surface area contributed by atoms with Crippen molar-refractivity contribution in [3.05, 3.63) is 23.8 Å². The number of rotatable bonds is 12. The molecule has 26 heavy (non-hydrogen) atoms. The van der Waals surface area contributed by atoms with Crippen molar-refractivity contribution in [3.63, 3.8) is 0 Å². The third-order valence-electron chi connectivity index (χ3n) is 4.96. The maximum absolute atomic E-state index is 8.61. The summed E-state index contributed by atoms with van der Waals surface area (Å²) in [4.78, 5) is 0. The molecule has 0 spiro atoms. The lowest BCUT2D eigenvalue weighted by molar-refractivity contribution is -0.0654. The molecule has 2 rings (SSSR count). The topological polar surface area (TPSA) is 71.7 Å². The molecule has 0 saturated carbocycles. The van der Waals surface area contributed by atoms with Crippen molar-refractivity contribution in [2.75, 3.05) is 13.6 Å². The van der Waals surface area contributed by atoms with Crippen LogP contribution >= 0.6 is 0 Å². The first kappa shape index (κ1) is 20.5. The zero-order valence-electron chi connectivity index (χ0n) is 15.8. The minimum atomic E-state index is -0.341. The van der Waals surface area contributed by atoms with Crippen LogP contribution in [-0.2, 0) is 11.2 Å². The summed E-state index contributed by atoms with van der Waals surface area (Å²) in [5.74, 6) is 1.69. The standard InChI is InChI=1S/C21H31NO4/c1-21(12-7-5-3-2-4-6-8-14-22)13-11-18-15-19(25-17-24-16-23)9-10-20(18)26-21/h9-10,15,23H,2-8,11-13,16-17H2,1H3. The zero-order valence-corrected chi connectivity index (χ0v) is 15.8. The van der Waals surface area contributed by atoms with Crippen molar-refractivity contribution < 1.29 is 19.3 Å². The zero-order chi connectivity index (χ0) is 18.7. The summed E-state index contributed by atoms with van der Waals surface area (Å²) in [6.07, 6.45) is 10.9. The van der Waals surface area contributed by atoms with E-state index in [1.165, 1.54) is 37.7 Å². The summed E-state index contributed by atoms with van der Waals surface area (Å²) in [6, 6.07) is 8.05. The van der Waals surface area contributed by atoms with Gasteiger partial charge in [-0.25, -0.2) is 0 Å². The fraction of sp³-hybridized carbons (Fsp3) is 0.667. The van der Waals surface area contributed by atoms with Crippen molar-refractivity contribution in [1.29, 1.82) is 5.26 Å². The van der Waals surface area contributed by atoms with E-state index in [4.69, 9.17) is 24.6 Å². The Hall–Kier alpha value is -1.77. The van der Waals surface area contributed by atoms with E-state index in [2.05, 4.69) is 13.0 Å². The van der Waals surface area contributed by atoms with Gasteiger partial charge in [-0.15, -0.1) is 0 Å². The molecule has 0 saturated heterocycles. The molecule has 1 unspecified atom stereocenters. The first-order valence-electron chi connectivity index (χ1n) is 9.67. The Bertz CT molecular complexity index is 584. The predicted molar refractivity (Wildman–Crippen MR) is 100 cm³/mol. The number of nitriles is 1. The predicted octanol–water partition coefficient (Wildman–Crippen LogP) is 4.72. The van der Waals surface area contributed by atoms with E-state index in [0.717, 1.165) is 37.2 Å². The highest BCUT2D eigenvalue weighted by atomic mass is 16.7. The molecule has 5 nitrogen and oxygen atoms in total. The first-order chi connectivity index (χ1) is 12.7. The molecule has 0 amide bonds. The number of fused-ring (bicyclic) bond motifs is 1. The highest BCUT2D eigenvalue weighted by Crippen LogP contribution is 2.37. The summed E-state index contributed by atoms with van der Waals surface area (Å²) in [7, 11) is 0. The average molecular weight is 361 g/mol. The monoisotopic (exact) mass is 361 g/mol. The number of unbranched alkanes of at least 4 members (excludes halogenated alkanes) is 6. The van der Waals surface area contributed by atoms with Gasteiger partial charge in [-0.3, -0.25) is 0 Å². The number of aryl methyl sites for hydroxylation is 1. The fourth-order valence-corrected chi connectivity index (χ4v) is 3.39. The lowest BCUT2D eigenvalue weighted by Crippen LogP contribution is -2.36. The number of aliphatic hydroxyl groups is 1. The van der Waals surface area contributed by atoms with E-state index < -0.39 is 0 Å². The Morgan fingerprint density at radius 2 is 1.96 bits per heavy atom. The van der Waals surface area contributed by atoms with Crippen LogP contribution in [0.4, 0.5) is 0 Å². The summed E-state index contributed by atoms with van der Waals surface area (Å²) in [6.45, 7) is 1.92. The highest BCUT2D eigenvalue weighted by molar-refractivity contribution is 5.42. The van der Waals surface area contributed by atoms with Crippen LogP contribution in [0.1, 0.15) is 70.3 Å². The molecule has 1 aromatic rings. The molecule has 1 aromatic carbocycles. The molecule has 0 aromatic heterocycles. The molecule has 5 heteroatoms. The van der Waals surface area contributed by atoms with Crippen LogP contribution in [0.2, 0.25) is 0 Å². The maximum Gasteiger partial charge on any atom is 0.191 e. The Morgan fingerprint density at radius 3 is 2.73 bits per heavy atom. The van der Waals surface area contributed by atoms with Gasteiger partial charge < -0.3 is 19.3 Å². The van der Waals surface area contributed by atoms with Crippen LogP contribution in [0.5, 0.6) is 11.5 Å². The van der Waals surface area contributed by atoms with Gasteiger partial charge in [0.25, 0.3) is 0 Å². The SMILES string of the molecule is CC1(CCCCCCCCC#N)CCc2cc(OCOCO)ccc2O1. The van der Waals surface area contributed by atoms with Gasteiger partial charge in [-0.05, 0) is 62.8 Å². The lowest BCUT2D eigenvalue weighted by atomic mass is 9.88. The second-order valence-corrected chi connectivity index (χ2v) is 7.20. The molecule has 144 valence electrons. The highest BCUT2D eigenvalue weighted by Gasteiger charge is 2.31. The molecule has 1 heterocycles. The van der Waals surface area contributed by atoms with E-state index in [-0.39, 0.29) is 19.2 Å². The second kappa shape index (κ2) is 11.1. The van der Waals surface area contributed by atoms with Gasteiger partial charge in [0, 0.05) is 6.42 Å². The molecule has 0 bridgehead atoms. The first-order valence-corrected chi connectivity index (χ1v) is 9.67. The normalized spacial score (nSPS) is 18.7. The Kier molecular flexibility index (Phi) is 8.73. The number of hydrogen-bond donors (Lipinski definition) is 1. The number of benzene rings is 1. The molecule has 0 aliphatic carbocycles. The van der Waals surface area contributed by atoms with Crippen molar-refractivity contribution >= 4 is 0 Å². The van der Waals surface area contributed by atoms with E-state index in [9.17, 15) is 0 Å². The van der Waals surface area contributed by atoms with Crippen LogP contribution in [0.15, 0.2) is 18.2 Å². The number of ether oxygens (including phenoxy) is 3. The summed E-state index contributed by atoms with van der Waals surface area (Å²) in [5, 5.41) is 17.1. The number of hydrogen-bond acceptors (Lipinski definition) is 5. The van der Waals surface area contributed by atoms with Gasteiger partial charge in [-0.1, -0.05) is 25.7 Å². The lowest BCUT2D eigenvalue weighted by Gasteiger charge is -2.36. The number of aliphatic hydroxyl groups excluding tert-OH is 1. The Balaban J connectivity index is 1.71. The summed E-state index contributed by atoms with van der Waals surface area (Å²) >= 11 is 0. The van der Waals surface area contributed by atoms with Crippen LogP contribution < -0.4 is 9.47 Å². The molecule has 1 N–H and O–H groups in total. The Labute approximate surface area is 156 Å². The molecular formula is C21H31NO4. The van der Waals surface area contributed by atoms with E-state index in [0.29, 0.717) is 6.42 Å². The Morgan fingerprint density at radius 1 is 1.19 bits per heavy atom. The van der Waals surface area contributed by atoms with Gasteiger partial charge in [0.1, 0.15) is 23.9 Å². The van der Waals surface area contributed by atoms with Crippen molar-refractivity contribution in [1.82, 2.24) is 0 Å². The quantitative estimate of drug-likeness (QED) is 0.431. The van der Waals surface area contributed by atoms with Gasteiger partial charge in [0.15, 0.2) is 6.79 Å². The van der Waals surface area contributed by atoms with Crippen molar-refractivity contribution in [3.8, 4) is 17.6 Å². The van der Waals surface area contributed by atoms with Gasteiger partial charge in [-0.2, -0.15) is 5.26 Å². The average Bonchev–Trinajstić information content (AvgIpc) is 2.64. The van der Waals surface area contributed by atoms with Gasteiger partial charge >= 0.3 is 0 Å². The molecule has 0 radical (unpaired) electrons. The molecule has 0 fully saturated rings. The van der Waals surface area contributed by atoms with E-state index >= 15 is 0 Å². The van der Waals surface area contributed by atoms with Crippen LogP contribution in [-0.4, -0.2) is 24.3 Å².